The number of ketones is 1. The highest BCUT2D eigenvalue weighted by molar-refractivity contribution is 7.91. The van der Waals surface area contributed by atoms with E-state index in [4.69, 9.17) is 5.73 Å². The molecule has 1 aromatic carbocycles. The van der Waals surface area contributed by atoms with Crippen LogP contribution in [0.3, 0.4) is 0 Å². The molecule has 0 spiro atoms. The van der Waals surface area contributed by atoms with Crippen LogP contribution in [0, 0.1) is 11.7 Å². The topological polar surface area (TPSA) is 77.2 Å². The van der Waals surface area contributed by atoms with Crippen LogP contribution in [-0.2, 0) is 9.84 Å². The van der Waals surface area contributed by atoms with Crippen LogP contribution < -0.4 is 5.73 Å². The van der Waals surface area contributed by atoms with E-state index in [1.807, 2.05) is 0 Å². The average molecular weight is 257 g/mol. The third-order valence-corrected chi connectivity index (χ3v) is 4.66. The highest BCUT2D eigenvalue weighted by Crippen LogP contribution is 2.23. The van der Waals surface area contributed by atoms with E-state index >= 15 is 0 Å². The number of hydrogen-bond acceptors (Lipinski definition) is 4. The fourth-order valence-electron chi connectivity index (χ4n) is 1.92. The average Bonchev–Trinajstić information content (AvgIpc) is 2.62. The summed E-state index contributed by atoms with van der Waals surface area (Å²) in [5.74, 6) is -1.65. The van der Waals surface area contributed by atoms with E-state index in [0.29, 0.717) is 6.42 Å². The van der Waals surface area contributed by atoms with Crippen molar-refractivity contribution in [1.82, 2.24) is 0 Å². The number of sulfone groups is 1. The number of carbonyl (C=O) groups is 1. The molecule has 1 heterocycles. The molecule has 1 aliphatic rings. The molecule has 0 aromatic heterocycles. The summed E-state index contributed by atoms with van der Waals surface area (Å²) in [5, 5.41) is 0. The van der Waals surface area contributed by atoms with Crippen LogP contribution in [-0.4, -0.2) is 25.7 Å². The van der Waals surface area contributed by atoms with Crippen LogP contribution in [0.15, 0.2) is 18.2 Å². The maximum absolute atomic E-state index is 13.2. The molecule has 1 aromatic rings. The predicted octanol–water partition coefficient (Wildman–Crippen LogP) is 1.03. The van der Waals surface area contributed by atoms with Gasteiger partial charge in [-0.15, -0.1) is 0 Å². The largest absolute Gasteiger partial charge is 0.396 e. The fraction of sp³-hybridized carbons (Fsp3) is 0.364. The Balaban J connectivity index is 2.23. The van der Waals surface area contributed by atoms with E-state index in [9.17, 15) is 17.6 Å². The summed E-state index contributed by atoms with van der Waals surface area (Å²) in [6.45, 7) is 0. The van der Waals surface area contributed by atoms with Gasteiger partial charge >= 0.3 is 0 Å². The maximum Gasteiger partial charge on any atom is 0.167 e. The molecule has 4 nitrogen and oxygen atoms in total. The molecule has 1 saturated heterocycles. The third kappa shape index (κ3) is 2.46. The highest BCUT2D eigenvalue weighted by atomic mass is 32.2. The first-order valence-corrected chi connectivity index (χ1v) is 7.01. The van der Waals surface area contributed by atoms with E-state index < -0.39 is 21.6 Å². The van der Waals surface area contributed by atoms with Crippen LogP contribution >= 0.6 is 0 Å². The Bertz CT molecular complexity index is 568. The number of nitrogens with two attached hydrogens (primary N) is 1. The normalized spacial score (nSPS) is 22.5. The van der Waals surface area contributed by atoms with Crippen LogP contribution in [0.4, 0.5) is 10.1 Å². The molecular formula is C11H12FNO3S. The SMILES string of the molecule is Nc1ccc(C(=O)C2CCS(=O)(=O)C2)cc1F. The van der Waals surface area contributed by atoms with Crippen LogP contribution in [0.1, 0.15) is 16.8 Å². The zero-order valence-corrected chi connectivity index (χ0v) is 9.84. The molecule has 2 rings (SSSR count). The summed E-state index contributed by atoms with van der Waals surface area (Å²) >= 11 is 0. The Morgan fingerprint density at radius 1 is 1.41 bits per heavy atom. The van der Waals surface area contributed by atoms with Crippen LogP contribution in [0.5, 0.6) is 0 Å². The second kappa shape index (κ2) is 4.10. The number of carbonyl (C=O) groups excluding carboxylic acids is 1. The van der Waals surface area contributed by atoms with Crippen molar-refractivity contribution in [2.24, 2.45) is 5.92 Å². The van der Waals surface area contributed by atoms with Crippen molar-refractivity contribution < 1.29 is 17.6 Å². The maximum atomic E-state index is 13.2. The number of halogens is 1. The summed E-state index contributed by atoms with van der Waals surface area (Å²) in [7, 11) is -3.11. The van der Waals surface area contributed by atoms with E-state index in [-0.39, 0.29) is 28.5 Å². The third-order valence-electron chi connectivity index (χ3n) is 2.89. The molecule has 17 heavy (non-hydrogen) atoms. The fourth-order valence-corrected chi connectivity index (χ4v) is 3.66. The number of anilines is 1. The first-order valence-electron chi connectivity index (χ1n) is 5.19. The van der Waals surface area contributed by atoms with Gasteiger partial charge in [0.25, 0.3) is 0 Å². The summed E-state index contributed by atoms with van der Waals surface area (Å²) in [6.07, 6.45) is 0.313. The number of hydrogen-bond donors (Lipinski definition) is 1. The molecule has 1 atom stereocenters. The molecule has 0 saturated carbocycles. The second-order valence-electron chi connectivity index (χ2n) is 4.20. The van der Waals surface area contributed by atoms with Crippen LogP contribution in [0.25, 0.3) is 0 Å². The van der Waals surface area contributed by atoms with Crippen molar-refractivity contribution in [2.45, 2.75) is 6.42 Å². The molecule has 1 unspecified atom stereocenters. The molecule has 92 valence electrons. The lowest BCUT2D eigenvalue weighted by atomic mass is 9.97. The number of benzene rings is 1. The van der Waals surface area contributed by atoms with Gasteiger partial charge < -0.3 is 5.73 Å². The van der Waals surface area contributed by atoms with E-state index in [0.717, 1.165) is 6.07 Å². The standard InChI is InChI=1S/C11H12FNO3S/c12-9-5-7(1-2-10(9)13)11(14)8-3-4-17(15,16)6-8/h1-2,5,8H,3-4,6,13H2. The number of Topliss-reactive ketones (excluding diaryl/α,β-unsaturated/α-hetero) is 1. The minimum Gasteiger partial charge on any atom is -0.396 e. The smallest absolute Gasteiger partial charge is 0.167 e. The van der Waals surface area contributed by atoms with Crippen molar-refractivity contribution in [3.05, 3.63) is 29.6 Å². The number of nitrogen functional groups attached to an aromatic ring is 1. The molecule has 0 aliphatic carbocycles. The molecule has 0 radical (unpaired) electrons. The quantitative estimate of drug-likeness (QED) is 0.634. The second-order valence-corrected chi connectivity index (χ2v) is 6.43. The molecule has 1 aliphatic heterocycles. The lowest BCUT2D eigenvalue weighted by Crippen LogP contribution is -2.16. The van der Waals surface area contributed by atoms with Crippen molar-refractivity contribution in [3.8, 4) is 0 Å². The monoisotopic (exact) mass is 257 g/mol. The predicted molar refractivity (Wildman–Crippen MR) is 61.9 cm³/mol. The minimum atomic E-state index is -3.11. The van der Waals surface area contributed by atoms with E-state index in [1.54, 1.807) is 0 Å². The Hall–Kier alpha value is -1.43. The molecule has 6 heteroatoms. The summed E-state index contributed by atoms with van der Waals surface area (Å²) in [6, 6.07) is 3.79. The van der Waals surface area contributed by atoms with Gasteiger partial charge in [-0.1, -0.05) is 0 Å². The Kier molecular flexibility index (Phi) is 2.91. The molecule has 2 N–H and O–H groups in total. The molecule has 0 bridgehead atoms. The van der Waals surface area contributed by atoms with Crippen LogP contribution in [0.2, 0.25) is 0 Å². The summed E-state index contributed by atoms with van der Waals surface area (Å²) in [5.41, 5.74) is 5.46. The van der Waals surface area contributed by atoms with Crippen molar-refractivity contribution >= 4 is 21.3 Å². The van der Waals surface area contributed by atoms with Gasteiger partial charge in [-0.25, -0.2) is 12.8 Å². The van der Waals surface area contributed by atoms with Gasteiger partial charge in [0.05, 0.1) is 17.2 Å². The van der Waals surface area contributed by atoms with Gasteiger partial charge in [0.1, 0.15) is 5.82 Å². The molecule has 1 fully saturated rings. The van der Waals surface area contributed by atoms with Gasteiger partial charge in [-0.2, -0.15) is 0 Å². The van der Waals surface area contributed by atoms with Gasteiger partial charge in [0, 0.05) is 11.5 Å². The zero-order valence-electron chi connectivity index (χ0n) is 9.02. The van der Waals surface area contributed by atoms with E-state index in [1.165, 1.54) is 12.1 Å². The molecular weight excluding hydrogens is 245 g/mol. The van der Waals surface area contributed by atoms with E-state index in [2.05, 4.69) is 0 Å². The van der Waals surface area contributed by atoms with Gasteiger partial charge in [0.2, 0.25) is 0 Å². The first kappa shape index (κ1) is 12.0. The van der Waals surface area contributed by atoms with Gasteiger partial charge in [0.15, 0.2) is 15.6 Å². The first-order chi connectivity index (χ1) is 7.89. The minimum absolute atomic E-state index is 0.0272. The van der Waals surface area contributed by atoms with Crippen molar-refractivity contribution in [3.63, 3.8) is 0 Å². The molecule has 0 amide bonds. The Morgan fingerprint density at radius 2 is 2.12 bits per heavy atom. The summed E-state index contributed by atoms with van der Waals surface area (Å²) < 4.78 is 35.7. The van der Waals surface area contributed by atoms with Crippen molar-refractivity contribution in [2.75, 3.05) is 17.2 Å². The lowest BCUT2D eigenvalue weighted by molar-refractivity contribution is 0.0933. The van der Waals surface area contributed by atoms with Crippen molar-refractivity contribution in [1.29, 1.82) is 0 Å². The van der Waals surface area contributed by atoms with Gasteiger partial charge in [-0.05, 0) is 24.6 Å². The Morgan fingerprint density at radius 3 is 2.65 bits per heavy atom. The highest BCUT2D eigenvalue weighted by Gasteiger charge is 2.33. The summed E-state index contributed by atoms with van der Waals surface area (Å²) in [4.78, 5) is 11.9. The Labute approximate surface area is 98.5 Å². The van der Waals surface area contributed by atoms with Gasteiger partial charge in [-0.3, -0.25) is 4.79 Å². The zero-order chi connectivity index (χ0) is 12.6. The lowest BCUT2D eigenvalue weighted by Gasteiger charge is -2.07. The number of rotatable bonds is 2.